The third kappa shape index (κ3) is 4.62. The van der Waals surface area contributed by atoms with Gasteiger partial charge in [0.1, 0.15) is 0 Å². The number of amides is 1. The number of carbonyl (C=O) groups is 1. The number of carbonyl (C=O) groups excluding carboxylic acids is 1. The number of benzene rings is 1. The van der Waals surface area contributed by atoms with E-state index in [9.17, 15) is 4.79 Å². The van der Waals surface area contributed by atoms with Crippen molar-refractivity contribution >= 4 is 61.2 Å². The molecule has 15 heavy (non-hydrogen) atoms. The van der Waals surface area contributed by atoms with Crippen LogP contribution in [0.25, 0.3) is 6.08 Å². The topological polar surface area (TPSA) is 29.4 Å². The molecule has 1 aromatic carbocycles. The molecule has 0 unspecified atom stereocenters. The number of isothiocyanates is 1. The molecule has 0 saturated carbocycles. The van der Waals surface area contributed by atoms with Gasteiger partial charge >= 0.3 is 0 Å². The van der Waals surface area contributed by atoms with Crippen molar-refractivity contribution in [2.45, 2.75) is 0 Å². The molecule has 1 rings (SSSR count). The molecule has 0 spiro atoms. The lowest BCUT2D eigenvalue weighted by Gasteiger charge is -1.96. The molecule has 0 aliphatic heterocycles. The molecule has 0 aliphatic rings. The zero-order valence-electron chi connectivity index (χ0n) is 7.41. The summed E-state index contributed by atoms with van der Waals surface area (Å²) in [5.41, 5.74) is 0.893. The van der Waals surface area contributed by atoms with Crippen LogP contribution in [0.15, 0.2) is 38.2 Å². The Hall–Kier alpha value is -0.610. The first-order valence-corrected chi connectivity index (χ1v) is 5.87. The van der Waals surface area contributed by atoms with Crippen molar-refractivity contribution in [3.05, 3.63) is 38.8 Å². The summed E-state index contributed by atoms with van der Waals surface area (Å²) in [5.74, 6) is -0.416. The molecule has 0 fully saturated rings. The van der Waals surface area contributed by atoms with Crippen LogP contribution in [-0.2, 0) is 4.79 Å². The van der Waals surface area contributed by atoms with Gasteiger partial charge in [0.2, 0.25) is 0 Å². The van der Waals surface area contributed by atoms with Crippen LogP contribution in [0.3, 0.4) is 0 Å². The van der Waals surface area contributed by atoms with Crippen LogP contribution in [0.5, 0.6) is 0 Å². The van der Waals surface area contributed by atoms with E-state index < -0.39 is 5.91 Å². The Morgan fingerprint density at radius 2 is 1.93 bits per heavy atom. The van der Waals surface area contributed by atoms with Gasteiger partial charge in [0.05, 0.1) is 5.16 Å². The molecule has 0 N–H and O–H groups in total. The normalized spacial score (nSPS) is 10.0. The number of hydrogen-bond acceptors (Lipinski definition) is 2. The average molecular weight is 347 g/mol. The molecule has 1 amide bonds. The van der Waals surface area contributed by atoms with Crippen LogP contribution >= 0.6 is 44.1 Å². The number of nitrogens with zero attached hydrogens (tertiary/aromatic N) is 1. The standard InChI is InChI=1S/C10H5Br2NOS/c11-8-3-7(4-9(12)5-8)1-2-10(14)13-6-15/h1-5H/b2-1+. The van der Waals surface area contributed by atoms with Crippen LogP contribution in [0.2, 0.25) is 0 Å². The van der Waals surface area contributed by atoms with E-state index in [2.05, 4.69) is 49.1 Å². The predicted molar refractivity (Wildman–Crippen MR) is 70.9 cm³/mol. The van der Waals surface area contributed by atoms with E-state index in [1.807, 2.05) is 23.4 Å². The Morgan fingerprint density at radius 3 is 2.47 bits per heavy atom. The summed E-state index contributed by atoms with van der Waals surface area (Å²) in [5, 5.41) is 2.02. The van der Waals surface area contributed by atoms with E-state index in [0.29, 0.717) is 0 Å². The quantitative estimate of drug-likeness (QED) is 0.462. The predicted octanol–water partition coefficient (Wildman–Crippen LogP) is 3.85. The first-order chi connectivity index (χ1) is 7.11. The summed E-state index contributed by atoms with van der Waals surface area (Å²) in [4.78, 5) is 14.3. The van der Waals surface area contributed by atoms with Gasteiger partial charge in [-0.05, 0) is 42.1 Å². The van der Waals surface area contributed by atoms with Crippen LogP contribution in [0.4, 0.5) is 0 Å². The van der Waals surface area contributed by atoms with Crippen LogP contribution in [-0.4, -0.2) is 11.1 Å². The second-order valence-corrected chi connectivity index (χ2v) is 4.59. The van der Waals surface area contributed by atoms with Crippen molar-refractivity contribution in [3.63, 3.8) is 0 Å². The number of aliphatic imine (C=N–C) groups is 1. The van der Waals surface area contributed by atoms with Gasteiger partial charge in [0.15, 0.2) is 0 Å². The zero-order valence-corrected chi connectivity index (χ0v) is 11.4. The zero-order chi connectivity index (χ0) is 11.3. The van der Waals surface area contributed by atoms with Gasteiger partial charge in [0, 0.05) is 15.0 Å². The van der Waals surface area contributed by atoms with Crippen molar-refractivity contribution in [3.8, 4) is 0 Å². The highest BCUT2D eigenvalue weighted by atomic mass is 79.9. The minimum atomic E-state index is -0.416. The molecule has 5 heteroatoms. The Bertz CT molecular complexity index is 444. The van der Waals surface area contributed by atoms with E-state index in [1.165, 1.54) is 6.08 Å². The fourth-order valence-electron chi connectivity index (χ4n) is 0.921. The van der Waals surface area contributed by atoms with E-state index in [1.54, 1.807) is 6.08 Å². The maximum absolute atomic E-state index is 11.0. The minimum absolute atomic E-state index is 0.416. The van der Waals surface area contributed by atoms with E-state index in [-0.39, 0.29) is 0 Å². The number of rotatable bonds is 2. The number of halogens is 2. The smallest absolute Gasteiger partial charge is 0.267 e. The van der Waals surface area contributed by atoms with Gasteiger partial charge in [-0.1, -0.05) is 31.9 Å². The SMILES string of the molecule is O=C(/C=C/c1cc(Br)cc(Br)c1)N=C=S. The Labute approximate surface area is 109 Å². The highest BCUT2D eigenvalue weighted by molar-refractivity contribution is 9.11. The van der Waals surface area contributed by atoms with Crippen molar-refractivity contribution in [2.75, 3.05) is 0 Å². The maximum atomic E-state index is 11.0. The van der Waals surface area contributed by atoms with Gasteiger partial charge in [0.25, 0.3) is 5.91 Å². The third-order valence-electron chi connectivity index (χ3n) is 1.46. The lowest BCUT2D eigenvalue weighted by Crippen LogP contribution is -1.84. The molecule has 2 nitrogen and oxygen atoms in total. The van der Waals surface area contributed by atoms with Gasteiger partial charge in [-0.2, -0.15) is 4.99 Å². The molecular formula is C10H5Br2NOS. The van der Waals surface area contributed by atoms with Crippen molar-refractivity contribution in [1.29, 1.82) is 0 Å². The summed E-state index contributed by atoms with van der Waals surface area (Å²) in [7, 11) is 0. The molecule has 0 heterocycles. The molecule has 0 aliphatic carbocycles. The van der Waals surface area contributed by atoms with E-state index in [0.717, 1.165) is 14.5 Å². The lowest BCUT2D eigenvalue weighted by molar-refractivity contribution is -0.113. The molecule has 1 aromatic rings. The molecule has 0 aromatic heterocycles. The Morgan fingerprint density at radius 1 is 1.33 bits per heavy atom. The monoisotopic (exact) mass is 345 g/mol. The summed E-state index contributed by atoms with van der Waals surface area (Å²) in [6.07, 6.45) is 3.00. The fraction of sp³-hybridized carbons (Fsp3) is 0. The first-order valence-electron chi connectivity index (χ1n) is 3.88. The van der Waals surface area contributed by atoms with Crippen LogP contribution in [0, 0.1) is 0 Å². The summed E-state index contributed by atoms with van der Waals surface area (Å²) in [6.45, 7) is 0. The van der Waals surface area contributed by atoms with Crippen molar-refractivity contribution in [2.24, 2.45) is 4.99 Å². The summed E-state index contributed by atoms with van der Waals surface area (Å²) >= 11 is 11.0. The maximum Gasteiger partial charge on any atom is 0.278 e. The molecule has 76 valence electrons. The summed E-state index contributed by atoms with van der Waals surface area (Å²) in [6, 6.07) is 5.68. The van der Waals surface area contributed by atoms with Crippen molar-refractivity contribution in [1.82, 2.24) is 0 Å². The summed E-state index contributed by atoms with van der Waals surface area (Å²) < 4.78 is 1.87. The molecule has 0 atom stereocenters. The lowest BCUT2D eigenvalue weighted by atomic mass is 10.2. The second kappa shape index (κ2) is 6.08. The number of thiocarbonyl (C=S) groups is 1. The van der Waals surface area contributed by atoms with Gasteiger partial charge < -0.3 is 0 Å². The molecule has 0 radical (unpaired) electrons. The Kier molecular flexibility index (Phi) is 5.05. The van der Waals surface area contributed by atoms with Crippen LogP contribution in [0.1, 0.15) is 5.56 Å². The minimum Gasteiger partial charge on any atom is -0.267 e. The molecular weight excluding hydrogens is 342 g/mol. The van der Waals surface area contributed by atoms with Crippen LogP contribution < -0.4 is 0 Å². The fourth-order valence-corrected chi connectivity index (χ4v) is 2.34. The highest BCUT2D eigenvalue weighted by Crippen LogP contribution is 2.20. The van der Waals surface area contributed by atoms with E-state index in [4.69, 9.17) is 0 Å². The largest absolute Gasteiger partial charge is 0.278 e. The third-order valence-corrected chi connectivity index (χ3v) is 2.47. The van der Waals surface area contributed by atoms with Gasteiger partial charge in [-0.25, -0.2) is 0 Å². The molecule has 0 bridgehead atoms. The van der Waals surface area contributed by atoms with Gasteiger partial charge in [-0.3, -0.25) is 4.79 Å². The number of hydrogen-bond donors (Lipinski definition) is 0. The van der Waals surface area contributed by atoms with Crippen molar-refractivity contribution < 1.29 is 4.79 Å². The van der Waals surface area contributed by atoms with Gasteiger partial charge in [-0.15, -0.1) is 0 Å². The van der Waals surface area contributed by atoms with E-state index >= 15 is 0 Å². The second-order valence-electron chi connectivity index (χ2n) is 2.58. The average Bonchev–Trinajstić information content (AvgIpc) is 2.14. The first kappa shape index (κ1) is 12.5. The Balaban J connectivity index is 2.89. The molecule has 0 saturated heterocycles. The highest BCUT2D eigenvalue weighted by Gasteiger charge is 1.95.